The summed E-state index contributed by atoms with van der Waals surface area (Å²) in [4.78, 5) is 12.0. The van der Waals surface area contributed by atoms with E-state index >= 15 is 0 Å². The maximum absolute atomic E-state index is 12.0. The van der Waals surface area contributed by atoms with Gasteiger partial charge in [-0.15, -0.1) is 0 Å². The maximum Gasteiger partial charge on any atom is 0.237 e. The number of amides is 1. The first kappa shape index (κ1) is 16.4. The van der Waals surface area contributed by atoms with Crippen LogP contribution in [0.5, 0.6) is 0 Å². The summed E-state index contributed by atoms with van der Waals surface area (Å²) < 4.78 is 22.7. The van der Waals surface area contributed by atoms with Crippen LogP contribution in [0.25, 0.3) is 0 Å². The van der Waals surface area contributed by atoms with Crippen LogP contribution in [0.15, 0.2) is 0 Å². The summed E-state index contributed by atoms with van der Waals surface area (Å²) in [7, 11) is -2.85. The zero-order valence-corrected chi connectivity index (χ0v) is 13.1. The Balaban J connectivity index is 2.43. The normalized spacial score (nSPS) is 21.9. The van der Waals surface area contributed by atoms with Gasteiger partial charge in [0.05, 0.1) is 17.5 Å². The highest BCUT2D eigenvalue weighted by Crippen LogP contribution is 2.13. The molecule has 1 rings (SSSR count). The van der Waals surface area contributed by atoms with E-state index in [4.69, 9.17) is 0 Å². The number of rotatable bonds is 5. The Labute approximate surface area is 116 Å². The molecular weight excluding hydrogens is 264 g/mol. The minimum atomic E-state index is -2.85. The van der Waals surface area contributed by atoms with Gasteiger partial charge in [-0.25, -0.2) is 8.42 Å². The molecular formula is C13H26N2O3S. The number of carbonyl (C=O) groups is 1. The van der Waals surface area contributed by atoms with Crippen molar-refractivity contribution in [3.05, 3.63) is 0 Å². The SMILES string of the molecule is CCC(C)(C)NC(=O)C(C)NC1CCS(=O)(=O)CC1. The van der Waals surface area contributed by atoms with Crippen LogP contribution in [0, 0.1) is 0 Å². The van der Waals surface area contributed by atoms with E-state index in [0.29, 0.717) is 12.8 Å². The van der Waals surface area contributed by atoms with Crippen molar-refractivity contribution in [2.75, 3.05) is 11.5 Å². The number of carbonyl (C=O) groups excluding carboxylic acids is 1. The van der Waals surface area contributed by atoms with Crippen molar-refractivity contribution in [3.8, 4) is 0 Å². The second-order valence-corrected chi connectivity index (χ2v) is 8.34. The molecule has 5 nitrogen and oxygen atoms in total. The monoisotopic (exact) mass is 290 g/mol. The van der Waals surface area contributed by atoms with Crippen LogP contribution >= 0.6 is 0 Å². The van der Waals surface area contributed by atoms with Crippen LogP contribution in [0.4, 0.5) is 0 Å². The van der Waals surface area contributed by atoms with E-state index < -0.39 is 9.84 Å². The van der Waals surface area contributed by atoms with Gasteiger partial charge in [-0.1, -0.05) is 6.92 Å². The van der Waals surface area contributed by atoms with Crippen molar-refractivity contribution in [1.82, 2.24) is 10.6 Å². The molecule has 1 unspecified atom stereocenters. The van der Waals surface area contributed by atoms with E-state index in [-0.39, 0.29) is 35.0 Å². The molecule has 0 aromatic rings. The van der Waals surface area contributed by atoms with Gasteiger partial charge >= 0.3 is 0 Å². The van der Waals surface area contributed by atoms with Gasteiger partial charge < -0.3 is 10.6 Å². The van der Waals surface area contributed by atoms with E-state index in [9.17, 15) is 13.2 Å². The minimum absolute atomic E-state index is 0.0275. The Morgan fingerprint density at radius 3 is 2.32 bits per heavy atom. The largest absolute Gasteiger partial charge is 0.350 e. The number of hydrogen-bond donors (Lipinski definition) is 2. The average Bonchev–Trinajstić information content (AvgIpc) is 2.31. The van der Waals surface area contributed by atoms with Crippen LogP contribution < -0.4 is 10.6 Å². The Hall–Kier alpha value is -0.620. The Morgan fingerprint density at radius 2 is 1.84 bits per heavy atom. The molecule has 19 heavy (non-hydrogen) atoms. The molecule has 1 saturated heterocycles. The van der Waals surface area contributed by atoms with Crippen molar-refractivity contribution < 1.29 is 13.2 Å². The topological polar surface area (TPSA) is 75.3 Å². The van der Waals surface area contributed by atoms with Crippen LogP contribution in [-0.2, 0) is 14.6 Å². The number of sulfone groups is 1. The summed E-state index contributed by atoms with van der Waals surface area (Å²) in [5.74, 6) is 0.416. The molecule has 0 aliphatic carbocycles. The fraction of sp³-hybridized carbons (Fsp3) is 0.923. The molecule has 0 saturated carbocycles. The highest BCUT2D eigenvalue weighted by atomic mass is 32.2. The summed E-state index contributed by atoms with van der Waals surface area (Å²) in [6.45, 7) is 7.84. The Morgan fingerprint density at radius 1 is 1.32 bits per heavy atom. The molecule has 0 aromatic heterocycles. The average molecular weight is 290 g/mol. The lowest BCUT2D eigenvalue weighted by Crippen LogP contribution is -2.53. The predicted octanol–water partition coefficient (Wildman–Crippen LogP) is 0.847. The van der Waals surface area contributed by atoms with Gasteiger partial charge in [0, 0.05) is 11.6 Å². The molecule has 112 valence electrons. The molecule has 1 amide bonds. The van der Waals surface area contributed by atoms with Gasteiger partial charge in [0.25, 0.3) is 0 Å². The third-order valence-corrected chi connectivity index (χ3v) is 5.49. The molecule has 1 aliphatic rings. The van der Waals surface area contributed by atoms with Crippen molar-refractivity contribution in [3.63, 3.8) is 0 Å². The summed E-state index contributed by atoms with van der Waals surface area (Å²) in [5.41, 5.74) is -0.205. The van der Waals surface area contributed by atoms with E-state index in [1.807, 2.05) is 27.7 Å². The first-order chi connectivity index (χ1) is 8.65. The van der Waals surface area contributed by atoms with Gasteiger partial charge in [0.2, 0.25) is 5.91 Å². The molecule has 6 heteroatoms. The molecule has 1 aliphatic heterocycles. The van der Waals surface area contributed by atoms with Crippen LogP contribution in [0.3, 0.4) is 0 Å². The fourth-order valence-corrected chi connectivity index (χ4v) is 3.51. The van der Waals surface area contributed by atoms with Gasteiger partial charge in [0.15, 0.2) is 0 Å². The highest BCUT2D eigenvalue weighted by molar-refractivity contribution is 7.91. The Kier molecular flexibility index (Phi) is 5.38. The van der Waals surface area contributed by atoms with Crippen molar-refractivity contribution >= 4 is 15.7 Å². The van der Waals surface area contributed by atoms with E-state index in [1.54, 1.807) is 0 Å². The standard InChI is InChI=1S/C13H26N2O3S/c1-5-13(3,4)15-12(16)10(2)14-11-6-8-19(17,18)9-7-11/h10-11,14H,5-9H2,1-4H3,(H,15,16). The quantitative estimate of drug-likeness (QED) is 0.787. The molecule has 2 N–H and O–H groups in total. The molecule has 0 aromatic carbocycles. The number of nitrogens with one attached hydrogen (secondary N) is 2. The molecule has 1 fully saturated rings. The molecule has 1 heterocycles. The summed E-state index contributed by atoms with van der Waals surface area (Å²) in [5, 5.41) is 6.22. The maximum atomic E-state index is 12.0. The van der Waals surface area contributed by atoms with E-state index in [2.05, 4.69) is 10.6 Å². The van der Waals surface area contributed by atoms with Crippen LogP contribution in [0.2, 0.25) is 0 Å². The fourth-order valence-electron chi connectivity index (χ4n) is 2.02. The first-order valence-electron chi connectivity index (χ1n) is 6.94. The second kappa shape index (κ2) is 6.22. The van der Waals surface area contributed by atoms with Crippen molar-refractivity contribution in [1.29, 1.82) is 0 Å². The number of hydrogen-bond acceptors (Lipinski definition) is 4. The van der Waals surface area contributed by atoms with Gasteiger partial charge in [-0.2, -0.15) is 0 Å². The molecule has 0 spiro atoms. The zero-order valence-electron chi connectivity index (χ0n) is 12.3. The third-order valence-electron chi connectivity index (χ3n) is 3.78. The smallest absolute Gasteiger partial charge is 0.237 e. The second-order valence-electron chi connectivity index (χ2n) is 6.04. The third kappa shape index (κ3) is 5.48. The summed E-state index contributed by atoms with van der Waals surface area (Å²) >= 11 is 0. The van der Waals surface area contributed by atoms with Gasteiger partial charge in [-0.3, -0.25) is 4.79 Å². The van der Waals surface area contributed by atoms with Crippen LogP contribution in [-0.4, -0.2) is 43.5 Å². The summed E-state index contributed by atoms with van der Waals surface area (Å²) in [6.07, 6.45) is 2.06. The summed E-state index contributed by atoms with van der Waals surface area (Å²) in [6, 6.07) is -0.175. The van der Waals surface area contributed by atoms with Crippen molar-refractivity contribution in [2.24, 2.45) is 0 Å². The zero-order chi connectivity index (χ0) is 14.7. The van der Waals surface area contributed by atoms with Gasteiger partial charge in [0.1, 0.15) is 9.84 Å². The van der Waals surface area contributed by atoms with Crippen LogP contribution in [0.1, 0.15) is 47.0 Å². The highest BCUT2D eigenvalue weighted by Gasteiger charge is 2.27. The predicted molar refractivity (Wildman–Crippen MR) is 76.8 cm³/mol. The van der Waals surface area contributed by atoms with E-state index in [0.717, 1.165) is 6.42 Å². The Bertz CT molecular complexity index is 404. The first-order valence-corrected chi connectivity index (χ1v) is 8.76. The van der Waals surface area contributed by atoms with Crippen molar-refractivity contribution in [2.45, 2.75) is 64.6 Å². The van der Waals surface area contributed by atoms with E-state index in [1.165, 1.54) is 0 Å². The lowest BCUT2D eigenvalue weighted by molar-refractivity contribution is -0.124. The lowest BCUT2D eigenvalue weighted by atomic mass is 10.0. The minimum Gasteiger partial charge on any atom is -0.350 e. The molecule has 0 bridgehead atoms. The van der Waals surface area contributed by atoms with Gasteiger partial charge in [-0.05, 0) is 40.0 Å². The lowest BCUT2D eigenvalue weighted by Gasteiger charge is -2.30. The molecule has 0 radical (unpaired) electrons. The molecule has 1 atom stereocenters.